The molecule has 0 spiro atoms. The molecule has 0 radical (unpaired) electrons. The molecule has 0 unspecified atom stereocenters. The van der Waals surface area contributed by atoms with E-state index in [2.05, 4.69) is 20.3 Å². The fraction of sp³-hybridized carbons (Fsp3) is 0.357. The van der Waals surface area contributed by atoms with Gasteiger partial charge in [0.25, 0.3) is 0 Å². The lowest BCUT2D eigenvalue weighted by atomic mass is 10.0. The van der Waals surface area contributed by atoms with Crippen molar-refractivity contribution >= 4 is 33.2 Å². The number of benzene rings is 2. The van der Waals surface area contributed by atoms with Gasteiger partial charge in [-0.2, -0.15) is 0 Å². The largest absolute Gasteiger partial charge is 0.346 e. The molecule has 0 saturated carbocycles. The van der Waals surface area contributed by atoms with Gasteiger partial charge in [0.15, 0.2) is 0 Å². The normalized spacial score (nSPS) is 12.1. The van der Waals surface area contributed by atoms with E-state index < -0.39 is 0 Å². The Balaban J connectivity index is 1.43. The van der Waals surface area contributed by atoms with Crippen LogP contribution in [0, 0.1) is 6.92 Å². The molecule has 6 nitrogen and oxygen atoms in total. The van der Waals surface area contributed by atoms with Gasteiger partial charge in [-0.25, -0.2) is 9.97 Å². The smallest absolute Gasteiger partial charge is 0.225 e. The number of amides is 1. The zero-order valence-corrected chi connectivity index (χ0v) is 21.2. The fourth-order valence-electron chi connectivity index (χ4n) is 4.21. The monoisotopic (exact) mass is 488 g/mol. The van der Waals surface area contributed by atoms with Gasteiger partial charge >= 0.3 is 0 Å². The van der Waals surface area contributed by atoms with E-state index in [1.165, 1.54) is 0 Å². The molecule has 0 aliphatic carbocycles. The van der Waals surface area contributed by atoms with Crippen LogP contribution in [-0.2, 0) is 16.0 Å². The maximum absolute atomic E-state index is 13.0. The Morgan fingerprint density at radius 1 is 1.09 bits per heavy atom. The number of H-pyrrole nitrogens is 1. The van der Waals surface area contributed by atoms with Crippen LogP contribution < -0.4 is 5.32 Å². The van der Waals surface area contributed by atoms with Gasteiger partial charge in [0.2, 0.25) is 5.91 Å². The number of Topliss-reactive ketones (excluding diaryl/α,β-unsaturated/α-hetero) is 1. The highest BCUT2D eigenvalue weighted by atomic mass is 32.1. The predicted molar refractivity (Wildman–Crippen MR) is 141 cm³/mol. The Labute approximate surface area is 210 Å². The number of aromatic amines is 1. The van der Waals surface area contributed by atoms with Crippen molar-refractivity contribution in [2.75, 3.05) is 0 Å². The number of aromatic nitrogens is 3. The molecule has 182 valence electrons. The molecule has 4 aromatic rings. The summed E-state index contributed by atoms with van der Waals surface area (Å²) in [5.41, 5.74) is 3.87. The van der Waals surface area contributed by atoms with E-state index in [1.54, 1.807) is 11.3 Å². The van der Waals surface area contributed by atoms with Crippen molar-refractivity contribution in [2.45, 2.75) is 64.8 Å². The van der Waals surface area contributed by atoms with Crippen molar-refractivity contribution in [3.05, 3.63) is 71.1 Å². The van der Waals surface area contributed by atoms with Crippen LogP contribution in [0.1, 0.15) is 67.9 Å². The van der Waals surface area contributed by atoms with Crippen molar-refractivity contribution in [3.63, 3.8) is 0 Å². The molecule has 0 aliphatic heterocycles. The van der Waals surface area contributed by atoms with E-state index in [9.17, 15) is 9.59 Å². The van der Waals surface area contributed by atoms with Crippen LogP contribution in [0.25, 0.3) is 21.5 Å². The van der Waals surface area contributed by atoms with Crippen LogP contribution in [0.4, 0.5) is 0 Å². The highest BCUT2D eigenvalue weighted by Crippen LogP contribution is 2.24. The SMILES string of the molecule is CCC(=O)CCCCC[C@H](NC(=O)Cc1ccc2sc(C)nc2c1)c1ncc(-c2ccccc2)[nH]1. The number of nitrogens with one attached hydrogen (secondary N) is 2. The average molecular weight is 489 g/mol. The third-order valence-corrected chi connectivity index (χ3v) is 7.06. The van der Waals surface area contributed by atoms with E-state index in [4.69, 9.17) is 0 Å². The number of aryl methyl sites for hydroxylation is 1. The topological polar surface area (TPSA) is 87.7 Å². The van der Waals surface area contributed by atoms with Crippen molar-refractivity contribution in [2.24, 2.45) is 0 Å². The van der Waals surface area contributed by atoms with Gasteiger partial charge < -0.3 is 10.3 Å². The minimum Gasteiger partial charge on any atom is -0.346 e. The fourth-order valence-corrected chi connectivity index (χ4v) is 5.02. The predicted octanol–water partition coefficient (Wildman–Crippen LogP) is 6.32. The lowest BCUT2D eigenvalue weighted by molar-refractivity contribution is -0.121. The summed E-state index contributed by atoms with van der Waals surface area (Å²) in [4.78, 5) is 37.2. The number of ketones is 1. The first-order valence-electron chi connectivity index (χ1n) is 12.3. The number of nitrogens with zero attached hydrogens (tertiary/aromatic N) is 2. The van der Waals surface area contributed by atoms with Crippen LogP contribution in [0.15, 0.2) is 54.7 Å². The van der Waals surface area contributed by atoms with E-state index in [0.29, 0.717) is 25.0 Å². The maximum atomic E-state index is 13.0. The molecule has 0 aliphatic rings. The minimum absolute atomic E-state index is 0.0416. The van der Waals surface area contributed by atoms with Crippen molar-refractivity contribution in [1.29, 1.82) is 0 Å². The summed E-state index contributed by atoms with van der Waals surface area (Å²) in [5, 5.41) is 4.22. The Hall–Kier alpha value is -3.32. The van der Waals surface area contributed by atoms with E-state index in [1.807, 2.05) is 68.6 Å². The van der Waals surface area contributed by atoms with Crippen LogP contribution in [0.5, 0.6) is 0 Å². The second-order valence-electron chi connectivity index (χ2n) is 8.87. The Kier molecular flexibility index (Phi) is 8.42. The summed E-state index contributed by atoms with van der Waals surface area (Å²) in [6.07, 6.45) is 6.84. The van der Waals surface area contributed by atoms with Gasteiger partial charge in [-0.1, -0.05) is 56.2 Å². The number of hydrogen-bond donors (Lipinski definition) is 2. The molecular weight excluding hydrogens is 456 g/mol. The number of carbonyl (C=O) groups excluding carboxylic acids is 2. The molecule has 2 aromatic carbocycles. The number of imidazole rings is 1. The Morgan fingerprint density at radius 3 is 2.71 bits per heavy atom. The average Bonchev–Trinajstić information content (AvgIpc) is 3.49. The number of fused-ring (bicyclic) bond motifs is 1. The lowest BCUT2D eigenvalue weighted by Crippen LogP contribution is -2.30. The third-order valence-electron chi connectivity index (χ3n) is 6.11. The van der Waals surface area contributed by atoms with Crippen LogP contribution in [-0.4, -0.2) is 26.6 Å². The van der Waals surface area contributed by atoms with Gasteiger partial charge in [-0.15, -0.1) is 11.3 Å². The summed E-state index contributed by atoms with van der Waals surface area (Å²) in [6, 6.07) is 15.9. The second kappa shape index (κ2) is 11.9. The lowest BCUT2D eigenvalue weighted by Gasteiger charge is -2.17. The number of thiazole rings is 1. The van der Waals surface area contributed by atoms with Crippen LogP contribution in [0.3, 0.4) is 0 Å². The number of carbonyl (C=O) groups is 2. The summed E-state index contributed by atoms with van der Waals surface area (Å²) in [5.74, 6) is 1.02. The Morgan fingerprint density at radius 2 is 1.91 bits per heavy atom. The van der Waals surface area contributed by atoms with Crippen molar-refractivity contribution < 1.29 is 9.59 Å². The molecular formula is C28H32N4O2S. The number of rotatable bonds is 12. The number of hydrogen-bond acceptors (Lipinski definition) is 5. The second-order valence-corrected chi connectivity index (χ2v) is 10.1. The molecule has 2 aromatic heterocycles. The first kappa shape index (κ1) is 24.8. The first-order chi connectivity index (χ1) is 17.0. The molecule has 2 heterocycles. The third kappa shape index (κ3) is 6.85. The number of unbranched alkanes of at least 4 members (excludes halogenated alkanes) is 2. The van der Waals surface area contributed by atoms with E-state index in [0.717, 1.165) is 63.6 Å². The van der Waals surface area contributed by atoms with Gasteiger partial charge in [0.1, 0.15) is 11.6 Å². The molecule has 7 heteroatoms. The van der Waals surface area contributed by atoms with E-state index in [-0.39, 0.29) is 11.9 Å². The zero-order valence-electron chi connectivity index (χ0n) is 20.3. The summed E-state index contributed by atoms with van der Waals surface area (Å²) >= 11 is 1.66. The molecule has 2 N–H and O–H groups in total. The van der Waals surface area contributed by atoms with E-state index >= 15 is 0 Å². The zero-order chi connectivity index (χ0) is 24.6. The van der Waals surface area contributed by atoms with Crippen LogP contribution >= 0.6 is 11.3 Å². The molecule has 1 amide bonds. The Bertz CT molecular complexity index is 1280. The van der Waals surface area contributed by atoms with Gasteiger partial charge in [-0.05, 0) is 43.0 Å². The molecule has 0 saturated heterocycles. The van der Waals surface area contributed by atoms with Crippen molar-refractivity contribution in [1.82, 2.24) is 20.3 Å². The highest BCUT2D eigenvalue weighted by molar-refractivity contribution is 7.18. The molecule has 35 heavy (non-hydrogen) atoms. The summed E-state index contributed by atoms with van der Waals surface area (Å²) in [6.45, 7) is 3.90. The quantitative estimate of drug-likeness (QED) is 0.228. The maximum Gasteiger partial charge on any atom is 0.225 e. The van der Waals surface area contributed by atoms with Gasteiger partial charge in [0, 0.05) is 12.8 Å². The molecule has 0 fully saturated rings. The highest BCUT2D eigenvalue weighted by Gasteiger charge is 2.19. The first-order valence-corrected chi connectivity index (χ1v) is 13.1. The minimum atomic E-state index is -0.216. The van der Waals surface area contributed by atoms with Crippen LogP contribution in [0.2, 0.25) is 0 Å². The molecule has 1 atom stereocenters. The standard InChI is InChI=1S/C28H32N4O2S/c1-3-22(33)12-8-5-9-13-23(28-29-18-25(32-28)21-10-6-4-7-11-21)31-27(34)17-20-14-15-26-24(16-20)30-19(2)35-26/h4,6-7,10-11,14-16,18,23H,3,5,8-9,12-13,17H2,1-2H3,(H,29,32)(H,31,34)/t23-/m0/s1. The van der Waals surface area contributed by atoms with Crippen molar-refractivity contribution in [3.8, 4) is 11.3 Å². The molecule has 4 rings (SSSR count). The summed E-state index contributed by atoms with van der Waals surface area (Å²) < 4.78 is 1.13. The summed E-state index contributed by atoms with van der Waals surface area (Å²) in [7, 11) is 0. The molecule has 0 bridgehead atoms. The van der Waals surface area contributed by atoms with Gasteiger partial charge in [-0.3, -0.25) is 9.59 Å². The van der Waals surface area contributed by atoms with Gasteiger partial charge in [0.05, 0.1) is 39.6 Å².